The molecule has 0 saturated heterocycles. The molecular weight excluding hydrogens is 252 g/mol. The Morgan fingerprint density at radius 1 is 1.35 bits per heavy atom. The van der Waals surface area contributed by atoms with Gasteiger partial charge in [0.1, 0.15) is 5.60 Å². The standard InChI is InChI=1S/C16H30N2O2/c1-11(16(5)8-9-16)18-13(12-6-7-12)10-17-14(19)20-15(2,3)4/h11-13,18H,6-10H2,1-5H3,(H,17,19). The predicted octanol–water partition coefficient (Wildman–Crippen LogP) is 3.07. The van der Waals surface area contributed by atoms with Crippen molar-refractivity contribution in [1.29, 1.82) is 0 Å². The number of carbonyl (C=O) groups excluding carboxylic acids is 1. The average molecular weight is 282 g/mol. The minimum atomic E-state index is -0.429. The lowest BCUT2D eigenvalue weighted by Gasteiger charge is -2.28. The third-order valence-electron chi connectivity index (χ3n) is 4.60. The number of amides is 1. The van der Waals surface area contributed by atoms with Gasteiger partial charge in [0.2, 0.25) is 0 Å². The summed E-state index contributed by atoms with van der Waals surface area (Å²) >= 11 is 0. The zero-order chi connectivity index (χ0) is 15.0. The average Bonchev–Trinajstić information content (AvgIpc) is 3.16. The predicted molar refractivity (Wildman–Crippen MR) is 80.7 cm³/mol. The Balaban J connectivity index is 1.76. The van der Waals surface area contributed by atoms with E-state index in [0.717, 1.165) is 5.92 Å². The largest absolute Gasteiger partial charge is 0.444 e. The van der Waals surface area contributed by atoms with Crippen molar-refractivity contribution in [3.05, 3.63) is 0 Å². The first kappa shape index (κ1) is 15.6. The van der Waals surface area contributed by atoms with Crippen molar-refractivity contribution in [2.75, 3.05) is 6.54 Å². The van der Waals surface area contributed by atoms with Crippen molar-refractivity contribution < 1.29 is 9.53 Å². The van der Waals surface area contributed by atoms with Gasteiger partial charge in [-0.15, -0.1) is 0 Å². The lowest BCUT2D eigenvalue weighted by atomic mass is 9.99. The summed E-state index contributed by atoms with van der Waals surface area (Å²) < 4.78 is 5.30. The first-order valence-corrected chi connectivity index (χ1v) is 7.92. The van der Waals surface area contributed by atoms with Crippen LogP contribution in [0.25, 0.3) is 0 Å². The van der Waals surface area contributed by atoms with E-state index < -0.39 is 5.60 Å². The van der Waals surface area contributed by atoms with Crippen LogP contribution in [0.4, 0.5) is 4.79 Å². The van der Waals surface area contributed by atoms with Crippen molar-refractivity contribution in [3.8, 4) is 0 Å². The highest BCUT2D eigenvalue weighted by atomic mass is 16.6. The van der Waals surface area contributed by atoms with Gasteiger partial charge >= 0.3 is 6.09 Å². The molecule has 2 fully saturated rings. The summed E-state index contributed by atoms with van der Waals surface area (Å²) in [7, 11) is 0. The molecule has 0 aromatic carbocycles. The van der Waals surface area contributed by atoms with Crippen LogP contribution < -0.4 is 10.6 Å². The molecular formula is C16H30N2O2. The summed E-state index contributed by atoms with van der Waals surface area (Å²) in [6, 6.07) is 0.906. The van der Waals surface area contributed by atoms with E-state index in [1.54, 1.807) is 0 Å². The van der Waals surface area contributed by atoms with Crippen LogP contribution in [-0.4, -0.2) is 30.3 Å². The lowest BCUT2D eigenvalue weighted by molar-refractivity contribution is 0.0519. The van der Waals surface area contributed by atoms with Gasteiger partial charge in [0.25, 0.3) is 0 Å². The summed E-state index contributed by atoms with van der Waals surface area (Å²) in [5, 5.41) is 6.64. The van der Waals surface area contributed by atoms with Gasteiger partial charge in [-0.25, -0.2) is 4.79 Å². The molecule has 0 spiro atoms. The van der Waals surface area contributed by atoms with Crippen LogP contribution in [0, 0.1) is 11.3 Å². The van der Waals surface area contributed by atoms with Crippen molar-refractivity contribution in [1.82, 2.24) is 10.6 Å². The Labute approximate surface area is 123 Å². The van der Waals surface area contributed by atoms with Gasteiger partial charge < -0.3 is 15.4 Å². The minimum absolute atomic E-state index is 0.310. The molecule has 4 heteroatoms. The second-order valence-corrected chi connectivity index (χ2v) is 7.87. The maximum absolute atomic E-state index is 11.7. The van der Waals surface area contributed by atoms with Crippen molar-refractivity contribution in [3.63, 3.8) is 0 Å². The normalized spacial score (nSPS) is 23.9. The van der Waals surface area contributed by atoms with Crippen LogP contribution >= 0.6 is 0 Å². The first-order valence-electron chi connectivity index (χ1n) is 7.92. The molecule has 4 nitrogen and oxygen atoms in total. The number of hydrogen-bond acceptors (Lipinski definition) is 3. The van der Waals surface area contributed by atoms with E-state index in [9.17, 15) is 4.79 Å². The van der Waals surface area contributed by atoms with Crippen LogP contribution in [0.3, 0.4) is 0 Å². The van der Waals surface area contributed by atoms with Gasteiger partial charge in [-0.3, -0.25) is 0 Å². The zero-order valence-corrected chi connectivity index (χ0v) is 13.6. The highest BCUT2D eigenvalue weighted by molar-refractivity contribution is 5.67. The highest BCUT2D eigenvalue weighted by Gasteiger charge is 2.44. The Bertz CT molecular complexity index is 354. The number of hydrogen-bond donors (Lipinski definition) is 2. The third-order valence-corrected chi connectivity index (χ3v) is 4.60. The minimum Gasteiger partial charge on any atom is -0.444 e. The molecule has 0 radical (unpaired) electrons. The van der Waals surface area contributed by atoms with E-state index in [1.807, 2.05) is 20.8 Å². The Morgan fingerprint density at radius 3 is 2.40 bits per heavy atom. The molecule has 116 valence electrons. The molecule has 0 aliphatic heterocycles. The number of carbonyl (C=O) groups is 1. The fourth-order valence-electron chi connectivity index (χ4n) is 2.52. The summed E-state index contributed by atoms with van der Waals surface area (Å²) in [6.45, 7) is 10.9. The second-order valence-electron chi connectivity index (χ2n) is 7.87. The molecule has 20 heavy (non-hydrogen) atoms. The molecule has 0 aromatic heterocycles. The molecule has 2 unspecified atom stereocenters. The molecule has 0 aromatic rings. The van der Waals surface area contributed by atoms with Gasteiger partial charge in [0, 0.05) is 18.6 Å². The fraction of sp³-hybridized carbons (Fsp3) is 0.938. The topological polar surface area (TPSA) is 50.4 Å². The van der Waals surface area contributed by atoms with Gasteiger partial charge in [-0.2, -0.15) is 0 Å². The zero-order valence-electron chi connectivity index (χ0n) is 13.6. The van der Waals surface area contributed by atoms with Crippen molar-refractivity contribution >= 4 is 6.09 Å². The lowest BCUT2D eigenvalue weighted by Crippen LogP contribution is -2.49. The molecule has 2 aliphatic carbocycles. The van der Waals surface area contributed by atoms with Gasteiger partial charge in [-0.05, 0) is 64.7 Å². The Morgan fingerprint density at radius 2 is 1.95 bits per heavy atom. The van der Waals surface area contributed by atoms with E-state index in [0.29, 0.717) is 24.0 Å². The monoisotopic (exact) mass is 282 g/mol. The molecule has 2 rings (SSSR count). The second kappa shape index (κ2) is 5.55. The molecule has 1 amide bonds. The van der Waals surface area contributed by atoms with E-state index in [-0.39, 0.29) is 6.09 Å². The molecule has 0 heterocycles. The van der Waals surface area contributed by atoms with Crippen LogP contribution in [0.5, 0.6) is 0 Å². The SMILES string of the molecule is CC(NC(CNC(=O)OC(C)(C)C)C1CC1)C1(C)CC1. The Kier molecular flexibility index (Phi) is 4.33. The molecule has 2 N–H and O–H groups in total. The maximum Gasteiger partial charge on any atom is 0.407 e. The Hall–Kier alpha value is -0.770. The number of rotatable bonds is 6. The van der Waals surface area contributed by atoms with E-state index >= 15 is 0 Å². The number of alkyl carbamates (subject to hydrolysis) is 1. The van der Waals surface area contributed by atoms with Crippen LogP contribution in [-0.2, 0) is 4.74 Å². The van der Waals surface area contributed by atoms with E-state index in [1.165, 1.54) is 25.7 Å². The van der Waals surface area contributed by atoms with Crippen LogP contribution in [0.1, 0.15) is 60.3 Å². The van der Waals surface area contributed by atoms with Crippen LogP contribution in [0.2, 0.25) is 0 Å². The molecule has 0 bridgehead atoms. The molecule has 2 saturated carbocycles. The number of ether oxygens (including phenoxy) is 1. The summed E-state index contributed by atoms with van der Waals surface area (Å²) in [4.78, 5) is 11.7. The number of nitrogens with one attached hydrogen (secondary N) is 2. The van der Waals surface area contributed by atoms with Gasteiger partial charge in [-0.1, -0.05) is 6.92 Å². The summed E-state index contributed by atoms with van der Waals surface area (Å²) in [5.41, 5.74) is 0.0421. The van der Waals surface area contributed by atoms with Crippen molar-refractivity contribution in [2.24, 2.45) is 11.3 Å². The van der Waals surface area contributed by atoms with E-state index in [4.69, 9.17) is 4.74 Å². The van der Waals surface area contributed by atoms with Crippen molar-refractivity contribution in [2.45, 2.75) is 78.0 Å². The van der Waals surface area contributed by atoms with Crippen LogP contribution in [0.15, 0.2) is 0 Å². The quantitative estimate of drug-likeness (QED) is 0.787. The van der Waals surface area contributed by atoms with E-state index in [2.05, 4.69) is 24.5 Å². The van der Waals surface area contributed by atoms with Gasteiger partial charge in [0.05, 0.1) is 0 Å². The fourth-order valence-corrected chi connectivity index (χ4v) is 2.52. The highest BCUT2D eigenvalue weighted by Crippen LogP contribution is 2.48. The molecule has 2 aliphatic rings. The smallest absolute Gasteiger partial charge is 0.407 e. The third kappa shape index (κ3) is 4.65. The molecule has 2 atom stereocenters. The first-order chi connectivity index (χ1) is 9.20. The summed E-state index contributed by atoms with van der Waals surface area (Å²) in [5.74, 6) is 0.717. The summed E-state index contributed by atoms with van der Waals surface area (Å²) in [6.07, 6.45) is 4.87. The maximum atomic E-state index is 11.7. The van der Waals surface area contributed by atoms with Gasteiger partial charge in [0.15, 0.2) is 0 Å².